The van der Waals surface area contributed by atoms with Gasteiger partial charge in [0, 0.05) is 17.3 Å². The SMILES string of the molecule is Cc1c(NC2CC(C)CCC2C)cccc1C(N)=O. The maximum Gasteiger partial charge on any atom is 0.249 e. The molecule has 1 aliphatic rings. The van der Waals surface area contributed by atoms with Gasteiger partial charge in [0.05, 0.1) is 0 Å². The Bertz CT molecular complexity index is 470. The molecule has 1 fully saturated rings. The van der Waals surface area contributed by atoms with Crippen molar-refractivity contribution in [3.05, 3.63) is 29.3 Å². The first-order valence-electron chi connectivity index (χ1n) is 7.15. The van der Waals surface area contributed by atoms with Crippen molar-refractivity contribution in [2.45, 2.75) is 46.1 Å². The molecular formula is C16H24N2O. The molecule has 19 heavy (non-hydrogen) atoms. The van der Waals surface area contributed by atoms with Crippen LogP contribution in [0.15, 0.2) is 18.2 Å². The van der Waals surface area contributed by atoms with Gasteiger partial charge in [0.1, 0.15) is 0 Å². The highest BCUT2D eigenvalue weighted by Gasteiger charge is 2.25. The van der Waals surface area contributed by atoms with E-state index >= 15 is 0 Å². The van der Waals surface area contributed by atoms with E-state index in [0.29, 0.717) is 17.5 Å². The van der Waals surface area contributed by atoms with E-state index in [2.05, 4.69) is 19.2 Å². The van der Waals surface area contributed by atoms with Crippen molar-refractivity contribution >= 4 is 11.6 Å². The van der Waals surface area contributed by atoms with Crippen molar-refractivity contribution < 1.29 is 4.79 Å². The highest BCUT2D eigenvalue weighted by atomic mass is 16.1. The van der Waals surface area contributed by atoms with Crippen LogP contribution in [0.25, 0.3) is 0 Å². The minimum absolute atomic E-state index is 0.355. The highest BCUT2D eigenvalue weighted by molar-refractivity contribution is 5.95. The third kappa shape index (κ3) is 3.09. The van der Waals surface area contributed by atoms with Crippen LogP contribution in [-0.4, -0.2) is 11.9 Å². The summed E-state index contributed by atoms with van der Waals surface area (Å²) in [5.74, 6) is 1.09. The summed E-state index contributed by atoms with van der Waals surface area (Å²) in [7, 11) is 0. The Kier molecular flexibility index (Phi) is 4.13. The quantitative estimate of drug-likeness (QED) is 0.875. The van der Waals surface area contributed by atoms with Crippen LogP contribution in [0.3, 0.4) is 0 Å². The second-order valence-electron chi connectivity index (χ2n) is 5.99. The first-order chi connectivity index (χ1) is 8.99. The van der Waals surface area contributed by atoms with E-state index in [4.69, 9.17) is 5.73 Å². The number of carbonyl (C=O) groups is 1. The van der Waals surface area contributed by atoms with E-state index in [1.54, 1.807) is 6.07 Å². The van der Waals surface area contributed by atoms with Gasteiger partial charge in [-0.3, -0.25) is 4.79 Å². The second-order valence-corrected chi connectivity index (χ2v) is 5.99. The van der Waals surface area contributed by atoms with Crippen LogP contribution < -0.4 is 11.1 Å². The molecule has 0 bridgehead atoms. The minimum atomic E-state index is -0.355. The molecule has 1 aromatic rings. The first-order valence-corrected chi connectivity index (χ1v) is 7.15. The Hall–Kier alpha value is -1.51. The number of nitrogens with two attached hydrogens (primary N) is 1. The van der Waals surface area contributed by atoms with Crippen LogP contribution in [0.1, 0.15) is 49.0 Å². The first kappa shape index (κ1) is 13.9. The normalized spacial score (nSPS) is 27.0. The highest BCUT2D eigenvalue weighted by Crippen LogP contribution is 2.31. The zero-order valence-corrected chi connectivity index (χ0v) is 12.1. The van der Waals surface area contributed by atoms with Crippen molar-refractivity contribution in [1.82, 2.24) is 0 Å². The minimum Gasteiger partial charge on any atom is -0.382 e. The monoisotopic (exact) mass is 260 g/mol. The fraction of sp³-hybridized carbons (Fsp3) is 0.562. The Labute approximate surface area is 115 Å². The van der Waals surface area contributed by atoms with Crippen LogP contribution >= 0.6 is 0 Å². The summed E-state index contributed by atoms with van der Waals surface area (Å²) in [6.07, 6.45) is 3.79. The number of hydrogen-bond donors (Lipinski definition) is 2. The molecule has 0 aliphatic heterocycles. The van der Waals surface area contributed by atoms with E-state index in [1.807, 2.05) is 19.1 Å². The van der Waals surface area contributed by atoms with E-state index in [1.165, 1.54) is 19.3 Å². The van der Waals surface area contributed by atoms with Gasteiger partial charge in [0.25, 0.3) is 0 Å². The number of nitrogens with one attached hydrogen (secondary N) is 1. The number of amides is 1. The smallest absolute Gasteiger partial charge is 0.249 e. The molecule has 3 heteroatoms. The Morgan fingerprint density at radius 1 is 1.32 bits per heavy atom. The number of hydrogen-bond acceptors (Lipinski definition) is 2. The largest absolute Gasteiger partial charge is 0.382 e. The van der Waals surface area contributed by atoms with E-state index in [-0.39, 0.29) is 5.91 Å². The molecule has 1 amide bonds. The summed E-state index contributed by atoms with van der Waals surface area (Å²) in [5.41, 5.74) is 8.01. The number of benzene rings is 1. The molecule has 1 saturated carbocycles. The van der Waals surface area contributed by atoms with Gasteiger partial charge >= 0.3 is 0 Å². The van der Waals surface area contributed by atoms with Gasteiger partial charge in [-0.25, -0.2) is 0 Å². The lowest BCUT2D eigenvalue weighted by Crippen LogP contribution is -2.33. The third-order valence-corrected chi connectivity index (χ3v) is 4.40. The zero-order valence-electron chi connectivity index (χ0n) is 12.1. The third-order valence-electron chi connectivity index (χ3n) is 4.40. The molecule has 2 rings (SSSR count). The van der Waals surface area contributed by atoms with Crippen molar-refractivity contribution in [3.63, 3.8) is 0 Å². The molecule has 1 aliphatic carbocycles. The van der Waals surface area contributed by atoms with E-state index in [0.717, 1.165) is 17.2 Å². The molecular weight excluding hydrogens is 236 g/mol. The van der Waals surface area contributed by atoms with Crippen LogP contribution in [0.4, 0.5) is 5.69 Å². The molecule has 3 unspecified atom stereocenters. The molecule has 3 atom stereocenters. The number of rotatable bonds is 3. The fourth-order valence-corrected chi connectivity index (χ4v) is 2.99. The van der Waals surface area contributed by atoms with Crippen molar-refractivity contribution in [3.8, 4) is 0 Å². The van der Waals surface area contributed by atoms with Crippen molar-refractivity contribution in [1.29, 1.82) is 0 Å². The van der Waals surface area contributed by atoms with Gasteiger partial charge in [-0.05, 0) is 49.3 Å². The Balaban J connectivity index is 2.19. The van der Waals surface area contributed by atoms with E-state index in [9.17, 15) is 4.79 Å². The number of anilines is 1. The predicted octanol–water partition coefficient (Wildman–Crippen LogP) is 3.33. The van der Waals surface area contributed by atoms with Gasteiger partial charge in [-0.1, -0.05) is 26.3 Å². The summed E-state index contributed by atoms with van der Waals surface area (Å²) in [5, 5.41) is 3.62. The molecule has 1 aromatic carbocycles. The molecule has 0 heterocycles. The Morgan fingerprint density at radius 2 is 2.05 bits per heavy atom. The van der Waals surface area contributed by atoms with Gasteiger partial charge in [0.15, 0.2) is 0 Å². The standard InChI is InChI=1S/C16H24N2O/c1-10-7-8-11(2)15(9-10)18-14-6-4-5-13(12(14)3)16(17)19/h4-6,10-11,15,18H,7-9H2,1-3H3,(H2,17,19). The number of primary amides is 1. The molecule has 0 aromatic heterocycles. The topological polar surface area (TPSA) is 55.1 Å². The fourth-order valence-electron chi connectivity index (χ4n) is 2.99. The zero-order chi connectivity index (χ0) is 14.0. The molecule has 3 nitrogen and oxygen atoms in total. The van der Waals surface area contributed by atoms with Crippen molar-refractivity contribution in [2.75, 3.05) is 5.32 Å². The average molecular weight is 260 g/mol. The lowest BCUT2D eigenvalue weighted by molar-refractivity contribution is 0.0999. The van der Waals surface area contributed by atoms with Gasteiger partial charge in [0.2, 0.25) is 5.91 Å². The van der Waals surface area contributed by atoms with Gasteiger partial charge in [-0.2, -0.15) is 0 Å². The van der Waals surface area contributed by atoms with E-state index < -0.39 is 0 Å². The Morgan fingerprint density at radius 3 is 2.74 bits per heavy atom. The lowest BCUT2D eigenvalue weighted by Gasteiger charge is -2.34. The summed E-state index contributed by atoms with van der Waals surface area (Å²) >= 11 is 0. The molecule has 0 radical (unpaired) electrons. The lowest BCUT2D eigenvalue weighted by atomic mass is 9.80. The van der Waals surface area contributed by atoms with Gasteiger partial charge < -0.3 is 11.1 Å². The summed E-state index contributed by atoms with van der Waals surface area (Å²) in [4.78, 5) is 11.4. The maximum atomic E-state index is 11.4. The molecule has 104 valence electrons. The summed E-state index contributed by atoms with van der Waals surface area (Å²) in [6, 6.07) is 6.21. The van der Waals surface area contributed by atoms with Crippen LogP contribution in [0.5, 0.6) is 0 Å². The summed E-state index contributed by atoms with van der Waals surface area (Å²) in [6.45, 7) is 6.57. The van der Waals surface area contributed by atoms with Gasteiger partial charge in [-0.15, -0.1) is 0 Å². The predicted molar refractivity (Wildman–Crippen MR) is 79.3 cm³/mol. The van der Waals surface area contributed by atoms with Crippen molar-refractivity contribution in [2.24, 2.45) is 17.6 Å². The van der Waals surface area contributed by atoms with Crippen LogP contribution in [0, 0.1) is 18.8 Å². The second kappa shape index (κ2) is 5.64. The number of carbonyl (C=O) groups excluding carboxylic acids is 1. The molecule has 0 saturated heterocycles. The summed E-state index contributed by atoms with van der Waals surface area (Å²) < 4.78 is 0. The van der Waals surface area contributed by atoms with Crippen LogP contribution in [0.2, 0.25) is 0 Å². The maximum absolute atomic E-state index is 11.4. The molecule has 0 spiro atoms. The molecule has 3 N–H and O–H groups in total. The average Bonchev–Trinajstić information content (AvgIpc) is 2.36. The van der Waals surface area contributed by atoms with Crippen LogP contribution in [-0.2, 0) is 0 Å².